The summed E-state index contributed by atoms with van der Waals surface area (Å²) in [7, 11) is 0. The number of imidazole rings is 1. The van der Waals surface area contributed by atoms with Crippen LogP contribution in [-0.2, 0) is 5.41 Å². The van der Waals surface area contributed by atoms with Crippen LogP contribution in [0.4, 0.5) is 0 Å². The largest absolute Gasteiger partial charge is 0.345 e. The van der Waals surface area contributed by atoms with Gasteiger partial charge in [0, 0.05) is 17.3 Å². The standard InChI is InChI=1S/C18H34N2/c1-8-10-11-15(14(5)9-2)18(6,7)17-19-12-16(20-17)13(3)4/h12-15H,8-11H2,1-7H3,(H,19,20). The second-order valence-corrected chi connectivity index (χ2v) is 7.20. The van der Waals surface area contributed by atoms with E-state index in [1.807, 2.05) is 6.20 Å². The number of aromatic nitrogens is 2. The fraction of sp³-hybridized carbons (Fsp3) is 0.833. The lowest BCUT2D eigenvalue weighted by Crippen LogP contribution is -2.34. The molecule has 0 saturated carbocycles. The van der Waals surface area contributed by atoms with Crippen LogP contribution in [-0.4, -0.2) is 9.97 Å². The van der Waals surface area contributed by atoms with Crippen LogP contribution < -0.4 is 0 Å². The minimum atomic E-state index is 0.123. The van der Waals surface area contributed by atoms with Gasteiger partial charge in [-0.05, 0) is 24.2 Å². The number of H-pyrrole nitrogens is 1. The fourth-order valence-electron chi connectivity index (χ4n) is 3.20. The van der Waals surface area contributed by atoms with E-state index in [0.717, 1.165) is 5.92 Å². The number of aromatic amines is 1. The molecule has 0 bridgehead atoms. The van der Waals surface area contributed by atoms with Crippen LogP contribution in [0.2, 0.25) is 0 Å². The van der Waals surface area contributed by atoms with Crippen molar-refractivity contribution in [2.24, 2.45) is 11.8 Å². The van der Waals surface area contributed by atoms with E-state index in [4.69, 9.17) is 4.98 Å². The molecule has 0 aliphatic carbocycles. The van der Waals surface area contributed by atoms with E-state index in [1.165, 1.54) is 37.2 Å². The first-order chi connectivity index (χ1) is 9.34. The lowest BCUT2D eigenvalue weighted by molar-refractivity contribution is 0.194. The number of unbranched alkanes of at least 4 members (excludes halogenated alkanes) is 1. The van der Waals surface area contributed by atoms with Crippen molar-refractivity contribution in [3.63, 3.8) is 0 Å². The molecule has 20 heavy (non-hydrogen) atoms. The highest BCUT2D eigenvalue weighted by Crippen LogP contribution is 2.39. The predicted molar refractivity (Wildman–Crippen MR) is 88.2 cm³/mol. The number of nitrogens with zero attached hydrogens (tertiary/aromatic N) is 1. The first kappa shape index (κ1) is 17.3. The molecule has 1 aromatic heterocycles. The van der Waals surface area contributed by atoms with Crippen LogP contribution in [0.25, 0.3) is 0 Å². The van der Waals surface area contributed by atoms with E-state index in [1.54, 1.807) is 0 Å². The molecule has 1 N–H and O–H groups in total. The number of hydrogen-bond acceptors (Lipinski definition) is 1. The average molecular weight is 278 g/mol. The Morgan fingerprint density at radius 2 is 1.85 bits per heavy atom. The first-order valence-electron chi connectivity index (χ1n) is 8.39. The van der Waals surface area contributed by atoms with Gasteiger partial charge in [0.05, 0.1) is 0 Å². The van der Waals surface area contributed by atoms with Crippen LogP contribution in [0.5, 0.6) is 0 Å². The van der Waals surface area contributed by atoms with Crippen molar-refractivity contribution in [1.29, 1.82) is 0 Å². The van der Waals surface area contributed by atoms with E-state index >= 15 is 0 Å². The van der Waals surface area contributed by atoms with E-state index in [2.05, 4.69) is 53.5 Å². The Morgan fingerprint density at radius 3 is 2.30 bits per heavy atom. The summed E-state index contributed by atoms with van der Waals surface area (Å²) in [6, 6.07) is 0. The van der Waals surface area contributed by atoms with Gasteiger partial charge in [-0.15, -0.1) is 0 Å². The highest BCUT2D eigenvalue weighted by Gasteiger charge is 2.36. The second kappa shape index (κ2) is 7.28. The minimum Gasteiger partial charge on any atom is -0.345 e. The zero-order valence-corrected chi connectivity index (χ0v) is 14.6. The van der Waals surface area contributed by atoms with Crippen molar-refractivity contribution < 1.29 is 0 Å². The quantitative estimate of drug-likeness (QED) is 0.652. The van der Waals surface area contributed by atoms with Crippen molar-refractivity contribution in [1.82, 2.24) is 9.97 Å². The second-order valence-electron chi connectivity index (χ2n) is 7.20. The summed E-state index contributed by atoms with van der Waals surface area (Å²) >= 11 is 0. The van der Waals surface area contributed by atoms with Crippen molar-refractivity contribution >= 4 is 0 Å². The molecule has 0 amide bonds. The van der Waals surface area contributed by atoms with E-state index in [0.29, 0.717) is 11.8 Å². The Balaban J connectivity index is 3.00. The molecule has 116 valence electrons. The van der Waals surface area contributed by atoms with Crippen molar-refractivity contribution in [2.75, 3.05) is 0 Å². The molecule has 0 aliphatic heterocycles. The summed E-state index contributed by atoms with van der Waals surface area (Å²) in [4.78, 5) is 8.28. The van der Waals surface area contributed by atoms with Crippen LogP contribution in [0.15, 0.2) is 6.20 Å². The van der Waals surface area contributed by atoms with Crippen molar-refractivity contribution in [3.05, 3.63) is 17.7 Å². The maximum Gasteiger partial charge on any atom is 0.112 e. The molecule has 1 rings (SSSR count). The molecule has 2 unspecified atom stereocenters. The molecule has 2 heteroatoms. The van der Waals surface area contributed by atoms with Gasteiger partial charge in [-0.25, -0.2) is 4.98 Å². The molecule has 0 spiro atoms. The summed E-state index contributed by atoms with van der Waals surface area (Å²) in [5.74, 6) is 3.12. The third kappa shape index (κ3) is 3.86. The summed E-state index contributed by atoms with van der Waals surface area (Å²) in [6.45, 7) is 16.1. The topological polar surface area (TPSA) is 28.7 Å². The van der Waals surface area contributed by atoms with Crippen LogP contribution in [0.1, 0.15) is 91.6 Å². The molecule has 0 aromatic carbocycles. The van der Waals surface area contributed by atoms with Crippen molar-refractivity contribution in [3.8, 4) is 0 Å². The van der Waals surface area contributed by atoms with Crippen LogP contribution >= 0.6 is 0 Å². The van der Waals surface area contributed by atoms with Crippen molar-refractivity contribution in [2.45, 2.75) is 85.5 Å². The fourth-order valence-corrected chi connectivity index (χ4v) is 3.20. The maximum absolute atomic E-state index is 4.70. The summed E-state index contributed by atoms with van der Waals surface area (Å²) in [5, 5.41) is 0. The lowest BCUT2D eigenvalue weighted by Gasteiger charge is -2.37. The monoisotopic (exact) mass is 278 g/mol. The Bertz CT molecular complexity index is 390. The highest BCUT2D eigenvalue weighted by molar-refractivity contribution is 5.14. The zero-order chi connectivity index (χ0) is 15.3. The molecular weight excluding hydrogens is 244 g/mol. The smallest absolute Gasteiger partial charge is 0.112 e. The van der Waals surface area contributed by atoms with E-state index < -0.39 is 0 Å². The third-order valence-corrected chi connectivity index (χ3v) is 4.95. The molecule has 2 atom stereocenters. The molecule has 0 aliphatic rings. The third-order valence-electron chi connectivity index (χ3n) is 4.95. The van der Waals surface area contributed by atoms with Gasteiger partial charge in [0.25, 0.3) is 0 Å². The zero-order valence-electron chi connectivity index (χ0n) is 14.6. The first-order valence-corrected chi connectivity index (χ1v) is 8.39. The molecular formula is C18H34N2. The van der Waals surface area contributed by atoms with Gasteiger partial charge in [0.15, 0.2) is 0 Å². The Hall–Kier alpha value is -0.790. The molecule has 1 aromatic rings. The van der Waals surface area contributed by atoms with Crippen LogP contribution in [0, 0.1) is 11.8 Å². The average Bonchev–Trinajstić information content (AvgIpc) is 2.89. The van der Waals surface area contributed by atoms with Gasteiger partial charge in [0.2, 0.25) is 0 Å². The van der Waals surface area contributed by atoms with Gasteiger partial charge in [-0.1, -0.05) is 67.7 Å². The van der Waals surface area contributed by atoms with E-state index in [9.17, 15) is 0 Å². The van der Waals surface area contributed by atoms with Crippen LogP contribution in [0.3, 0.4) is 0 Å². The number of nitrogens with one attached hydrogen (secondary N) is 1. The van der Waals surface area contributed by atoms with Gasteiger partial charge in [0.1, 0.15) is 5.82 Å². The Kier molecular flexibility index (Phi) is 6.29. The van der Waals surface area contributed by atoms with Gasteiger partial charge in [-0.3, -0.25) is 0 Å². The van der Waals surface area contributed by atoms with Gasteiger partial charge < -0.3 is 4.98 Å². The SMILES string of the molecule is CCCCC(C(C)CC)C(C)(C)c1ncc(C(C)C)[nH]1. The molecule has 0 saturated heterocycles. The highest BCUT2D eigenvalue weighted by atomic mass is 14.9. The molecule has 0 fully saturated rings. The van der Waals surface area contributed by atoms with Gasteiger partial charge >= 0.3 is 0 Å². The summed E-state index contributed by atoms with van der Waals surface area (Å²) < 4.78 is 0. The number of rotatable bonds is 8. The normalized spacial score (nSPS) is 15.6. The molecule has 1 heterocycles. The lowest BCUT2D eigenvalue weighted by atomic mass is 9.69. The van der Waals surface area contributed by atoms with Gasteiger partial charge in [-0.2, -0.15) is 0 Å². The Labute approximate surface area is 125 Å². The molecule has 0 radical (unpaired) electrons. The molecule has 2 nitrogen and oxygen atoms in total. The number of hydrogen-bond donors (Lipinski definition) is 1. The summed E-state index contributed by atoms with van der Waals surface area (Å²) in [6.07, 6.45) is 7.16. The predicted octanol–water partition coefficient (Wildman–Crippen LogP) is 5.66. The minimum absolute atomic E-state index is 0.123. The van der Waals surface area contributed by atoms with E-state index in [-0.39, 0.29) is 5.41 Å². The summed E-state index contributed by atoms with van der Waals surface area (Å²) in [5.41, 5.74) is 1.38. The maximum atomic E-state index is 4.70. The Morgan fingerprint density at radius 1 is 1.20 bits per heavy atom.